The van der Waals surface area contributed by atoms with Gasteiger partial charge in [0, 0.05) is 24.2 Å². The summed E-state index contributed by atoms with van der Waals surface area (Å²) in [6, 6.07) is -0.150. The molecular formula is C11H17N3O2S2. The minimum Gasteiger partial charge on any atom is -0.345 e. The molecule has 2 atom stereocenters. The van der Waals surface area contributed by atoms with E-state index in [-0.39, 0.29) is 17.2 Å². The van der Waals surface area contributed by atoms with Crippen molar-refractivity contribution >= 4 is 29.4 Å². The number of hydrogen-bond donors (Lipinski definition) is 1. The van der Waals surface area contributed by atoms with Gasteiger partial charge in [0.25, 0.3) is 0 Å². The first-order chi connectivity index (χ1) is 8.70. The van der Waals surface area contributed by atoms with Crippen molar-refractivity contribution in [2.75, 3.05) is 17.3 Å². The molecule has 5 nitrogen and oxygen atoms in total. The number of aromatic nitrogens is 2. The Morgan fingerprint density at radius 2 is 2.44 bits per heavy atom. The minimum atomic E-state index is -0.150. The molecule has 0 radical (unpaired) electrons. The van der Waals surface area contributed by atoms with E-state index in [9.17, 15) is 4.79 Å². The molecular weight excluding hydrogens is 270 g/mol. The van der Waals surface area contributed by atoms with Crippen LogP contribution >= 0.6 is 23.5 Å². The number of amides is 1. The molecule has 0 unspecified atom stereocenters. The summed E-state index contributed by atoms with van der Waals surface area (Å²) in [7, 11) is 0. The summed E-state index contributed by atoms with van der Waals surface area (Å²) >= 11 is 3.56. The first kappa shape index (κ1) is 13.7. The molecule has 1 N–H and O–H groups in total. The standard InChI is InChI=1S/C11H17N3O2S2/c1-3-8(10-12-7(2)16-14-10)13-11(15)9-6-17-4-5-18-9/h8-9H,3-6H2,1-2H3,(H,13,15)/t8-,9-/m0/s1. The van der Waals surface area contributed by atoms with Gasteiger partial charge in [-0.2, -0.15) is 16.7 Å². The van der Waals surface area contributed by atoms with Crippen LogP contribution in [-0.4, -0.2) is 38.6 Å². The van der Waals surface area contributed by atoms with Crippen molar-refractivity contribution in [3.8, 4) is 0 Å². The van der Waals surface area contributed by atoms with Gasteiger partial charge in [0.15, 0.2) is 5.82 Å². The highest BCUT2D eigenvalue weighted by Crippen LogP contribution is 2.25. The van der Waals surface area contributed by atoms with Crippen LogP contribution in [0, 0.1) is 6.92 Å². The SMILES string of the molecule is CC[C@H](NC(=O)[C@@H]1CSCCS1)c1noc(C)n1. The predicted octanol–water partition coefficient (Wildman–Crippen LogP) is 1.79. The van der Waals surface area contributed by atoms with E-state index in [4.69, 9.17) is 4.52 Å². The fraction of sp³-hybridized carbons (Fsp3) is 0.727. The van der Waals surface area contributed by atoms with Crippen molar-refractivity contribution in [1.82, 2.24) is 15.5 Å². The van der Waals surface area contributed by atoms with Crippen LogP contribution in [0.1, 0.15) is 31.1 Å². The quantitative estimate of drug-likeness (QED) is 0.910. The Hall–Kier alpha value is -0.690. The third kappa shape index (κ3) is 3.41. The summed E-state index contributed by atoms with van der Waals surface area (Å²) in [5.41, 5.74) is 0. The number of carbonyl (C=O) groups is 1. The van der Waals surface area contributed by atoms with Crippen LogP contribution in [0.5, 0.6) is 0 Å². The summed E-state index contributed by atoms with van der Waals surface area (Å²) < 4.78 is 4.95. The van der Waals surface area contributed by atoms with Crippen molar-refractivity contribution in [2.24, 2.45) is 0 Å². The number of hydrogen-bond acceptors (Lipinski definition) is 6. The van der Waals surface area contributed by atoms with Gasteiger partial charge >= 0.3 is 0 Å². The summed E-state index contributed by atoms with van der Waals surface area (Å²) in [6.07, 6.45) is 0.759. The van der Waals surface area contributed by atoms with Gasteiger partial charge in [0.05, 0.1) is 11.3 Å². The predicted molar refractivity (Wildman–Crippen MR) is 73.8 cm³/mol. The van der Waals surface area contributed by atoms with Crippen LogP contribution in [-0.2, 0) is 4.79 Å². The van der Waals surface area contributed by atoms with E-state index in [0.29, 0.717) is 11.7 Å². The maximum Gasteiger partial charge on any atom is 0.234 e. The minimum absolute atomic E-state index is 0.0470. The Kier molecular flexibility index (Phi) is 4.94. The monoisotopic (exact) mass is 287 g/mol. The second kappa shape index (κ2) is 6.47. The van der Waals surface area contributed by atoms with Gasteiger partial charge in [-0.1, -0.05) is 12.1 Å². The molecule has 1 amide bonds. The first-order valence-corrected chi connectivity index (χ1v) is 8.21. The Labute approximate surface area is 115 Å². The lowest BCUT2D eigenvalue weighted by atomic mass is 10.2. The Morgan fingerprint density at radius 3 is 3.00 bits per heavy atom. The van der Waals surface area contributed by atoms with E-state index in [0.717, 1.165) is 23.7 Å². The van der Waals surface area contributed by atoms with E-state index in [1.807, 2.05) is 18.7 Å². The average Bonchev–Trinajstić information content (AvgIpc) is 2.83. The van der Waals surface area contributed by atoms with E-state index in [1.165, 1.54) is 0 Å². The third-order valence-corrected chi connectivity index (χ3v) is 5.44. The zero-order chi connectivity index (χ0) is 13.0. The van der Waals surface area contributed by atoms with E-state index in [1.54, 1.807) is 18.7 Å². The number of thioether (sulfide) groups is 2. The molecule has 0 aromatic carbocycles. The van der Waals surface area contributed by atoms with Gasteiger partial charge in [-0.3, -0.25) is 4.79 Å². The summed E-state index contributed by atoms with van der Waals surface area (Å²) in [4.78, 5) is 16.3. The zero-order valence-electron chi connectivity index (χ0n) is 10.5. The normalized spacial score (nSPS) is 21.6. The van der Waals surface area contributed by atoms with E-state index in [2.05, 4.69) is 15.5 Å². The number of rotatable bonds is 4. The van der Waals surface area contributed by atoms with Crippen LogP contribution in [0.25, 0.3) is 0 Å². The number of carbonyl (C=O) groups excluding carboxylic acids is 1. The van der Waals surface area contributed by atoms with Crippen molar-refractivity contribution < 1.29 is 9.32 Å². The maximum atomic E-state index is 12.1. The maximum absolute atomic E-state index is 12.1. The second-order valence-electron chi connectivity index (χ2n) is 4.08. The topological polar surface area (TPSA) is 68.0 Å². The first-order valence-electron chi connectivity index (χ1n) is 6.00. The number of aryl methyl sites for hydroxylation is 1. The molecule has 1 saturated heterocycles. The van der Waals surface area contributed by atoms with Crippen LogP contribution in [0.15, 0.2) is 4.52 Å². The molecule has 2 rings (SSSR count). The van der Waals surface area contributed by atoms with Crippen LogP contribution in [0.2, 0.25) is 0 Å². The molecule has 1 fully saturated rings. The number of nitrogens with one attached hydrogen (secondary N) is 1. The van der Waals surface area contributed by atoms with Gasteiger partial charge < -0.3 is 9.84 Å². The Balaban J connectivity index is 1.95. The van der Waals surface area contributed by atoms with Crippen LogP contribution in [0.3, 0.4) is 0 Å². The Morgan fingerprint density at radius 1 is 1.61 bits per heavy atom. The summed E-state index contributed by atoms with van der Waals surface area (Å²) in [5.74, 6) is 4.24. The van der Waals surface area contributed by atoms with Gasteiger partial charge in [-0.05, 0) is 6.42 Å². The molecule has 1 aromatic heterocycles. The van der Waals surface area contributed by atoms with Gasteiger partial charge in [-0.15, -0.1) is 11.8 Å². The molecule has 0 spiro atoms. The van der Waals surface area contributed by atoms with Crippen LogP contribution < -0.4 is 5.32 Å². The lowest BCUT2D eigenvalue weighted by molar-refractivity contribution is -0.121. The van der Waals surface area contributed by atoms with Crippen molar-refractivity contribution in [2.45, 2.75) is 31.6 Å². The van der Waals surface area contributed by atoms with Gasteiger partial charge in [0.1, 0.15) is 0 Å². The smallest absolute Gasteiger partial charge is 0.234 e. The molecule has 18 heavy (non-hydrogen) atoms. The van der Waals surface area contributed by atoms with Gasteiger partial charge in [-0.25, -0.2) is 0 Å². The molecule has 7 heteroatoms. The van der Waals surface area contributed by atoms with Gasteiger partial charge in [0.2, 0.25) is 11.8 Å². The average molecular weight is 287 g/mol. The van der Waals surface area contributed by atoms with E-state index < -0.39 is 0 Å². The highest BCUT2D eigenvalue weighted by atomic mass is 32.2. The highest BCUT2D eigenvalue weighted by molar-refractivity contribution is 8.07. The summed E-state index contributed by atoms with van der Waals surface area (Å²) in [6.45, 7) is 3.75. The summed E-state index contributed by atoms with van der Waals surface area (Å²) in [5, 5.41) is 6.93. The molecule has 0 saturated carbocycles. The fourth-order valence-corrected chi connectivity index (χ4v) is 4.28. The molecule has 2 heterocycles. The van der Waals surface area contributed by atoms with Crippen molar-refractivity contribution in [3.05, 3.63) is 11.7 Å². The van der Waals surface area contributed by atoms with Crippen molar-refractivity contribution in [3.63, 3.8) is 0 Å². The fourth-order valence-electron chi connectivity index (χ4n) is 1.71. The van der Waals surface area contributed by atoms with Crippen LogP contribution in [0.4, 0.5) is 0 Å². The molecule has 1 aliphatic rings. The third-order valence-electron chi connectivity index (χ3n) is 2.69. The zero-order valence-corrected chi connectivity index (χ0v) is 12.1. The molecule has 0 aliphatic carbocycles. The highest BCUT2D eigenvalue weighted by Gasteiger charge is 2.25. The Bertz CT molecular complexity index is 405. The van der Waals surface area contributed by atoms with Crippen molar-refractivity contribution in [1.29, 1.82) is 0 Å². The van der Waals surface area contributed by atoms with E-state index >= 15 is 0 Å². The largest absolute Gasteiger partial charge is 0.345 e. The number of nitrogens with zero attached hydrogens (tertiary/aromatic N) is 2. The molecule has 0 bridgehead atoms. The lowest BCUT2D eigenvalue weighted by Gasteiger charge is -2.22. The molecule has 1 aromatic rings. The molecule has 1 aliphatic heterocycles. The lowest BCUT2D eigenvalue weighted by Crippen LogP contribution is -2.38. The molecule has 100 valence electrons. The second-order valence-corrected chi connectivity index (χ2v) is 6.54.